The lowest BCUT2D eigenvalue weighted by atomic mass is 9.93. The maximum absolute atomic E-state index is 4.59. The van der Waals surface area contributed by atoms with Crippen molar-refractivity contribution in [1.29, 1.82) is 0 Å². The molecule has 2 heterocycles. The van der Waals surface area contributed by atoms with Crippen LogP contribution in [0.5, 0.6) is 0 Å². The van der Waals surface area contributed by atoms with Gasteiger partial charge >= 0.3 is 0 Å². The van der Waals surface area contributed by atoms with Crippen molar-refractivity contribution in [3.05, 3.63) is 23.0 Å². The first-order chi connectivity index (χ1) is 5.97. The van der Waals surface area contributed by atoms with E-state index in [0.717, 1.165) is 4.96 Å². The number of imidazole rings is 1. The van der Waals surface area contributed by atoms with Gasteiger partial charge in [0.1, 0.15) is 0 Å². The Morgan fingerprint density at radius 3 is 2.54 bits per heavy atom. The van der Waals surface area contributed by atoms with E-state index < -0.39 is 0 Å². The van der Waals surface area contributed by atoms with Gasteiger partial charge in [-0.3, -0.25) is 4.40 Å². The van der Waals surface area contributed by atoms with Crippen LogP contribution in [0.3, 0.4) is 0 Å². The lowest BCUT2D eigenvalue weighted by molar-refractivity contribution is 0.573. The van der Waals surface area contributed by atoms with E-state index in [4.69, 9.17) is 0 Å². The number of hydrogen-bond donors (Lipinski definition) is 0. The molecule has 0 aliphatic heterocycles. The molecule has 0 atom stereocenters. The van der Waals surface area contributed by atoms with Crippen molar-refractivity contribution < 1.29 is 0 Å². The number of hydrogen-bond acceptors (Lipinski definition) is 2. The van der Waals surface area contributed by atoms with Crippen molar-refractivity contribution in [3.63, 3.8) is 0 Å². The third kappa shape index (κ3) is 1.48. The van der Waals surface area contributed by atoms with Gasteiger partial charge in [-0.25, -0.2) is 4.98 Å². The van der Waals surface area contributed by atoms with Gasteiger partial charge in [-0.15, -0.1) is 11.3 Å². The summed E-state index contributed by atoms with van der Waals surface area (Å²) in [6.07, 6.45) is 4.25. The zero-order valence-electron chi connectivity index (χ0n) is 8.46. The molecule has 0 saturated carbocycles. The van der Waals surface area contributed by atoms with Crippen LogP contribution in [0.25, 0.3) is 4.96 Å². The van der Waals surface area contributed by atoms with E-state index in [9.17, 15) is 0 Å². The second kappa shape index (κ2) is 2.58. The first-order valence-electron chi connectivity index (χ1n) is 4.42. The predicted octanol–water partition coefficient (Wildman–Crippen LogP) is 3.00. The van der Waals surface area contributed by atoms with Crippen LogP contribution < -0.4 is 0 Å². The van der Waals surface area contributed by atoms with Crippen LogP contribution in [0.15, 0.2) is 12.4 Å². The van der Waals surface area contributed by atoms with E-state index in [-0.39, 0.29) is 5.41 Å². The van der Waals surface area contributed by atoms with Gasteiger partial charge in [0.15, 0.2) is 4.96 Å². The topological polar surface area (TPSA) is 17.3 Å². The molecule has 0 aromatic carbocycles. The Morgan fingerprint density at radius 1 is 1.31 bits per heavy atom. The number of aryl methyl sites for hydroxylation is 1. The standard InChI is InChI=1S/C10H14N2S/c1-7-5-12-6-8(10(2,3)4)11-9(12)13-7/h5-6H,1-4H3. The molecule has 13 heavy (non-hydrogen) atoms. The van der Waals surface area contributed by atoms with Crippen molar-refractivity contribution in [2.75, 3.05) is 0 Å². The number of aromatic nitrogens is 2. The third-order valence-corrected chi connectivity index (χ3v) is 2.95. The minimum Gasteiger partial charge on any atom is -0.297 e. The van der Waals surface area contributed by atoms with Crippen molar-refractivity contribution in [1.82, 2.24) is 9.38 Å². The van der Waals surface area contributed by atoms with E-state index in [1.165, 1.54) is 10.6 Å². The van der Waals surface area contributed by atoms with Crippen LogP contribution in [0.4, 0.5) is 0 Å². The summed E-state index contributed by atoms with van der Waals surface area (Å²) in [4.78, 5) is 6.99. The Morgan fingerprint density at radius 2 is 2.00 bits per heavy atom. The van der Waals surface area contributed by atoms with Gasteiger partial charge in [0.25, 0.3) is 0 Å². The molecule has 2 rings (SSSR count). The summed E-state index contributed by atoms with van der Waals surface area (Å²) >= 11 is 1.74. The zero-order valence-corrected chi connectivity index (χ0v) is 9.27. The molecule has 0 spiro atoms. The maximum Gasteiger partial charge on any atom is 0.194 e. The van der Waals surface area contributed by atoms with Gasteiger partial charge in [0.05, 0.1) is 5.69 Å². The number of rotatable bonds is 0. The smallest absolute Gasteiger partial charge is 0.194 e. The average molecular weight is 194 g/mol. The van der Waals surface area contributed by atoms with Crippen LogP contribution in [-0.2, 0) is 5.41 Å². The van der Waals surface area contributed by atoms with E-state index in [0.29, 0.717) is 0 Å². The molecule has 0 aliphatic carbocycles. The summed E-state index contributed by atoms with van der Waals surface area (Å²) in [5.74, 6) is 0. The van der Waals surface area contributed by atoms with Crippen LogP contribution in [0, 0.1) is 6.92 Å². The van der Waals surface area contributed by atoms with Gasteiger partial charge < -0.3 is 0 Å². The fourth-order valence-electron chi connectivity index (χ4n) is 1.27. The Bertz CT molecular complexity index is 400. The molecule has 70 valence electrons. The molecule has 0 fully saturated rings. The lowest BCUT2D eigenvalue weighted by Gasteiger charge is -2.13. The van der Waals surface area contributed by atoms with Crippen LogP contribution >= 0.6 is 11.3 Å². The summed E-state index contributed by atoms with van der Waals surface area (Å²) < 4.78 is 2.11. The van der Waals surface area contributed by atoms with Crippen molar-refractivity contribution in [2.45, 2.75) is 33.1 Å². The molecule has 0 N–H and O–H groups in total. The molecule has 0 saturated heterocycles. The summed E-state index contributed by atoms with van der Waals surface area (Å²) in [6, 6.07) is 0. The number of fused-ring (bicyclic) bond motifs is 1. The fraction of sp³-hybridized carbons (Fsp3) is 0.500. The molecule has 0 amide bonds. The number of thiazole rings is 1. The van der Waals surface area contributed by atoms with Crippen LogP contribution in [0.1, 0.15) is 31.3 Å². The monoisotopic (exact) mass is 194 g/mol. The Hall–Kier alpha value is -0.830. The molecule has 2 nitrogen and oxygen atoms in total. The molecule has 0 radical (unpaired) electrons. The Labute approximate surface area is 82.2 Å². The van der Waals surface area contributed by atoms with Crippen LogP contribution in [-0.4, -0.2) is 9.38 Å². The highest BCUT2D eigenvalue weighted by Gasteiger charge is 2.17. The normalized spacial score (nSPS) is 12.6. The second-order valence-corrected chi connectivity index (χ2v) is 5.62. The first kappa shape index (κ1) is 8.75. The molecule has 2 aromatic rings. The second-order valence-electron chi connectivity index (χ2n) is 4.41. The SMILES string of the molecule is Cc1cn2cc(C(C)(C)C)nc2s1. The van der Waals surface area contributed by atoms with Gasteiger partial charge in [-0.2, -0.15) is 0 Å². The number of nitrogens with zero attached hydrogens (tertiary/aromatic N) is 2. The van der Waals surface area contributed by atoms with Crippen molar-refractivity contribution >= 4 is 16.3 Å². The largest absolute Gasteiger partial charge is 0.297 e. The lowest BCUT2D eigenvalue weighted by Crippen LogP contribution is -2.11. The van der Waals surface area contributed by atoms with E-state index >= 15 is 0 Å². The zero-order chi connectivity index (χ0) is 9.64. The molecular weight excluding hydrogens is 180 g/mol. The van der Waals surface area contributed by atoms with E-state index in [2.05, 4.69) is 49.5 Å². The van der Waals surface area contributed by atoms with Crippen molar-refractivity contribution in [2.24, 2.45) is 0 Å². The highest BCUT2D eigenvalue weighted by molar-refractivity contribution is 7.16. The molecule has 2 aromatic heterocycles. The van der Waals surface area contributed by atoms with Gasteiger partial charge in [0.2, 0.25) is 0 Å². The molecule has 3 heteroatoms. The van der Waals surface area contributed by atoms with E-state index in [1.54, 1.807) is 11.3 Å². The quantitative estimate of drug-likeness (QED) is 0.630. The first-order valence-corrected chi connectivity index (χ1v) is 5.24. The fourth-order valence-corrected chi connectivity index (χ4v) is 2.08. The van der Waals surface area contributed by atoms with Gasteiger partial charge in [-0.1, -0.05) is 20.8 Å². The Kier molecular flexibility index (Phi) is 1.74. The predicted molar refractivity (Wildman–Crippen MR) is 56.5 cm³/mol. The summed E-state index contributed by atoms with van der Waals surface area (Å²) in [6.45, 7) is 8.67. The maximum atomic E-state index is 4.59. The summed E-state index contributed by atoms with van der Waals surface area (Å²) in [5, 5.41) is 0. The molecule has 0 bridgehead atoms. The Balaban J connectivity index is 2.57. The minimum atomic E-state index is 0.152. The van der Waals surface area contributed by atoms with E-state index in [1.807, 2.05) is 0 Å². The molecular formula is C10H14N2S. The van der Waals surface area contributed by atoms with Crippen LogP contribution in [0.2, 0.25) is 0 Å². The summed E-state index contributed by atoms with van der Waals surface area (Å²) in [5.41, 5.74) is 1.32. The highest BCUT2D eigenvalue weighted by Crippen LogP contribution is 2.24. The minimum absolute atomic E-state index is 0.152. The summed E-state index contributed by atoms with van der Waals surface area (Å²) in [7, 11) is 0. The van der Waals surface area contributed by atoms with Gasteiger partial charge in [0, 0.05) is 22.7 Å². The average Bonchev–Trinajstić information content (AvgIpc) is 2.40. The van der Waals surface area contributed by atoms with Crippen molar-refractivity contribution in [3.8, 4) is 0 Å². The van der Waals surface area contributed by atoms with Gasteiger partial charge in [-0.05, 0) is 6.92 Å². The highest BCUT2D eigenvalue weighted by atomic mass is 32.1. The third-order valence-electron chi connectivity index (χ3n) is 2.04. The molecule has 0 unspecified atom stereocenters. The molecule has 0 aliphatic rings.